The third-order valence-corrected chi connectivity index (χ3v) is 4.55. The van der Waals surface area contributed by atoms with Gasteiger partial charge < -0.3 is 10.2 Å². The molecule has 0 spiro atoms. The van der Waals surface area contributed by atoms with Crippen molar-refractivity contribution in [2.24, 2.45) is 5.92 Å². The number of hydrogen-bond acceptors (Lipinski definition) is 4. The number of ketones is 1. The summed E-state index contributed by atoms with van der Waals surface area (Å²) in [5.41, 5.74) is 1.08. The molecule has 2 aromatic rings. The summed E-state index contributed by atoms with van der Waals surface area (Å²) >= 11 is 0. The fraction of sp³-hybridized carbons (Fsp3) is 0.316. The molecule has 1 aliphatic heterocycles. The second kappa shape index (κ2) is 7.42. The molecule has 1 saturated heterocycles. The van der Waals surface area contributed by atoms with E-state index >= 15 is 0 Å². The van der Waals surface area contributed by atoms with Gasteiger partial charge in [-0.15, -0.1) is 0 Å². The third kappa shape index (κ3) is 3.68. The Morgan fingerprint density at radius 3 is 2.48 bits per heavy atom. The number of piperidine rings is 1. The van der Waals surface area contributed by atoms with Crippen molar-refractivity contribution in [1.29, 1.82) is 0 Å². The predicted octanol–water partition coefficient (Wildman–Crippen LogP) is 2.68. The average Bonchev–Trinajstić information content (AvgIpc) is 2.67. The van der Waals surface area contributed by atoms with Crippen LogP contribution in [-0.4, -0.2) is 36.8 Å². The standard InChI is InChI=1S/C19H20FN3O2/c1-21-19(25)16-3-2-10-22-18(16)23-11-8-14(9-12-23)17(24)13-4-6-15(20)7-5-13/h2-7,10,14H,8-9,11-12H2,1H3,(H,21,25). The van der Waals surface area contributed by atoms with Gasteiger partial charge in [-0.3, -0.25) is 9.59 Å². The lowest BCUT2D eigenvalue weighted by Gasteiger charge is -2.33. The van der Waals surface area contributed by atoms with E-state index in [-0.39, 0.29) is 23.4 Å². The first kappa shape index (κ1) is 17.1. The maximum atomic E-state index is 13.0. The number of Topliss-reactive ketones (excluding diaryl/α,β-unsaturated/α-hetero) is 1. The minimum Gasteiger partial charge on any atom is -0.356 e. The van der Waals surface area contributed by atoms with Gasteiger partial charge >= 0.3 is 0 Å². The van der Waals surface area contributed by atoms with Crippen LogP contribution in [0.25, 0.3) is 0 Å². The molecule has 1 fully saturated rings. The van der Waals surface area contributed by atoms with Crippen molar-refractivity contribution < 1.29 is 14.0 Å². The highest BCUT2D eigenvalue weighted by atomic mass is 19.1. The molecule has 0 bridgehead atoms. The Morgan fingerprint density at radius 2 is 1.84 bits per heavy atom. The number of pyridine rings is 1. The smallest absolute Gasteiger partial charge is 0.254 e. The lowest BCUT2D eigenvalue weighted by molar-refractivity contribution is 0.0898. The number of halogens is 1. The molecule has 0 radical (unpaired) electrons. The molecule has 5 nitrogen and oxygen atoms in total. The lowest BCUT2D eigenvalue weighted by atomic mass is 9.88. The summed E-state index contributed by atoms with van der Waals surface area (Å²) < 4.78 is 13.0. The molecule has 1 aromatic carbocycles. The normalized spacial score (nSPS) is 15.0. The first-order valence-electron chi connectivity index (χ1n) is 8.32. The number of benzene rings is 1. The largest absolute Gasteiger partial charge is 0.356 e. The summed E-state index contributed by atoms with van der Waals surface area (Å²) in [5.74, 6) is 0.0893. The number of nitrogens with one attached hydrogen (secondary N) is 1. The maximum Gasteiger partial charge on any atom is 0.254 e. The zero-order valence-corrected chi connectivity index (χ0v) is 14.0. The van der Waals surface area contributed by atoms with E-state index in [1.165, 1.54) is 24.3 Å². The number of amides is 1. The second-order valence-electron chi connectivity index (χ2n) is 6.09. The zero-order chi connectivity index (χ0) is 17.8. The van der Waals surface area contributed by atoms with Crippen molar-refractivity contribution in [2.45, 2.75) is 12.8 Å². The van der Waals surface area contributed by atoms with Gasteiger partial charge in [0.2, 0.25) is 0 Å². The SMILES string of the molecule is CNC(=O)c1cccnc1N1CCC(C(=O)c2ccc(F)cc2)CC1. The Kier molecular flexibility index (Phi) is 5.07. The third-order valence-electron chi connectivity index (χ3n) is 4.55. The van der Waals surface area contributed by atoms with Gasteiger partial charge in [-0.1, -0.05) is 0 Å². The first-order valence-corrected chi connectivity index (χ1v) is 8.32. The van der Waals surface area contributed by atoms with Gasteiger partial charge in [-0.2, -0.15) is 0 Å². The van der Waals surface area contributed by atoms with E-state index in [1.807, 2.05) is 4.90 Å². The zero-order valence-electron chi connectivity index (χ0n) is 14.0. The molecule has 0 saturated carbocycles. The van der Waals surface area contributed by atoms with E-state index in [2.05, 4.69) is 10.3 Å². The Morgan fingerprint density at radius 1 is 1.16 bits per heavy atom. The van der Waals surface area contributed by atoms with Crippen LogP contribution in [0, 0.1) is 11.7 Å². The Labute approximate surface area is 145 Å². The highest BCUT2D eigenvalue weighted by Crippen LogP contribution is 2.26. The molecule has 2 heterocycles. The van der Waals surface area contributed by atoms with Crippen LogP contribution in [0.3, 0.4) is 0 Å². The van der Waals surface area contributed by atoms with Gasteiger partial charge in [0.25, 0.3) is 5.91 Å². The fourth-order valence-electron chi connectivity index (χ4n) is 3.16. The minimum atomic E-state index is -0.344. The number of anilines is 1. The van der Waals surface area contributed by atoms with Crippen molar-refractivity contribution in [3.05, 3.63) is 59.5 Å². The molecular weight excluding hydrogens is 321 g/mol. The maximum absolute atomic E-state index is 13.0. The topological polar surface area (TPSA) is 62.3 Å². The van der Waals surface area contributed by atoms with Gasteiger partial charge in [0.1, 0.15) is 11.6 Å². The molecule has 1 N–H and O–H groups in total. The first-order chi connectivity index (χ1) is 12.1. The summed E-state index contributed by atoms with van der Waals surface area (Å²) in [4.78, 5) is 30.9. The van der Waals surface area contributed by atoms with Crippen LogP contribution < -0.4 is 10.2 Å². The Balaban J connectivity index is 1.69. The van der Waals surface area contributed by atoms with Crippen LogP contribution >= 0.6 is 0 Å². The number of nitrogens with zero attached hydrogens (tertiary/aromatic N) is 2. The molecule has 1 aromatic heterocycles. The minimum absolute atomic E-state index is 0.0483. The summed E-state index contributed by atoms with van der Waals surface area (Å²) in [7, 11) is 1.59. The van der Waals surface area contributed by atoms with E-state index in [0.29, 0.717) is 42.9 Å². The number of rotatable bonds is 4. The van der Waals surface area contributed by atoms with Crippen LogP contribution in [-0.2, 0) is 0 Å². The number of aromatic nitrogens is 1. The van der Waals surface area contributed by atoms with E-state index < -0.39 is 0 Å². The number of hydrogen-bond donors (Lipinski definition) is 1. The van der Waals surface area contributed by atoms with Crippen molar-refractivity contribution >= 4 is 17.5 Å². The van der Waals surface area contributed by atoms with E-state index in [9.17, 15) is 14.0 Å². The van der Waals surface area contributed by atoms with Gasteiger partial charge in [-0.05, 0) is 49.2 Å². The van der Waals surface area contributed by atoms with E-state index in [4.69, 9.17) is 0 Å². The van der Waals surface area contributed by atoms with Crippen molar-refractivity contribution in [2.75, 3.05) is 25.0 Å². The highest BCUT2D eigenvalue weighted by molar-refractivity contribution is 5.99. The molecular formula is C19H20FN3O2. The number of carbonyl (C=O) groups is 2. The molecule has 0 atom stereocenters. The van der Waals surface area contributed by atoms with Crippen LogP contribution in [0.15, 0.2) is 42.6 Å². The Hall–Kier alpha value is -2.76. The fourth-order valence-corrected chi connectivity index (χ4v) is 3.16. The molecule has 25 heavy (non-hydrogen) atoms. The molecule has 130 valence electrons. The lowest BCUT2D eigenvalue weighted by Crippen LogP contribution is -2.38. The monoisotopic (exact) mass is 341 g/mol. The molecule has 0 aliphatic carbocycles. The Bertz CT molecular complexity index is 768. The van der Waals surface area contributed by atoms with Crippen molar-refractivity contribution in [3.8, 4) is 0 Å². The summed E-state index contributed by atoms with van der Waals surface area (Å²) in [6.07, 6.45) is 3.03. The summed E-state index contributed by atoms with van der Waals surface area (Å²) in [6.45, 7) is 1.30. The average molecular weight is 341 g/mol. The van der Waals surface area contributed by atoms with Crippen LogP contribution in [0.1, 0.15) is 33.6 Å². The van der Waals surface area contributed by atoms with Gasteiger partial charge in [0, 0.05) is 37.8 Å². The van der Waals surface area contributed by atoms with Crippen molar-refractivity contribution in [3.63, 3.8) is 0 Å². The second-order valence-corrected chi connectivity index (χ2v) is 6.09. The molecule has 1 amide bonds. The molecule has 1 aliphatic rings. The highest BCUT2D eigenvalue weighted by Gasteiger charge is 2.28. The van der Waals surface area contributed by atoms with Gasteiger partial charge in [0.05, 0.1) is 5.56 Å². The summed E-state index contributed by atoms with van der Waals surface area (Å²) in [5, 5.41) is 2.62. The van der Waals surface area contributed by atoms with Crippen LogP contribution in [0.4, 0.5) is 10.2 Å². The molecule has 6 heteroatoms. The predicted molar refractivity (Wildman–Crippen MR) is 93.3 cm³/mol. The van der Waals surface area contributed by atoms with Crippen LogP contribution in [0.2, 0.25) is 0 Å². The quantitative estimate of drug-likeness (QED) is 0.869. The number of carbonyl (C=O) groups excluding carboxylic acids is 2. The summed E-state index contributed by atoms with van der Waals surface area (Å²) in [6, 6.07) is 9.17. The molecule has 3 rings (SSSR count). The van der Waals surface area contributed by atoms with Crippen molar-refractivity contribution in [1.82, 2.24) is 10.3 Å². The van der Waals surface area contributed by atoms with Gasteiger partial charge in [0.15, 0.2) is 5.78 Å². The molecule has 0 unspecified atom stereocenters. The van der Waals surface area contributed by atoms with E-state index in [1.54, 1.807) is 25.4 Å². The van der Waals surface area contributed by atoms with Gasteiger partial charge in [-0.25, -0.2) is 9.37 Å². The van der Waals surface area contributed by atoms with E-state index in [0.717, 1.165) is 0 Å². The van der Waals surface area contributed by atoms with Crippen LogP contribution in [0.5, 0.6) is 0 Å².